The van der Waals surface area contributed by atoms with Crippen LogP contribution in [0.1, 0.15) is 361 Å². The molecule has 464 valence electrons. The smallest absolute Gasteiger partial charge is 0.306 e. The highest BCUT2D eigenvalue weighted by molar-refractivity contribution is 5.71. The van der Waals surface area contributed by atoms with Crippen LogP contribution in [0, 0.1) is 0 Å². The molecule has 0 aromatic rings. The van der Waals surface area contributed by atoms with Crippen molar-refractivity contribution in [3.63, 3.8) is 0 Å². The molecular formula is C74H132O6. The maximum Gasteiger partial charge on any atom is 0.306 e. The molecule has 0 rings (SSSR count). The maximum atomic E-state index is 13.0. The zero-order valence-corrected chi connectivity index (χ0v) is 53.3. The monoisotopic (exact) mass is 1120 g/mol. The Kier molecular flexibility index (Phi) is 65.7. The molecule has 6 heteroatoms. The minimum Gasteiger partial charge on any atom is -0.462 e. The van der Waals surface area contributed by atoms with Crippen LogP contribution in [-0.4, -0.2) is 37.2 Å². The van der Waals surface area contributed by atoms with Crippen molar-refractivity contribution in [3.05, 3.63) is 72.9 Å². The first-order valence-corrected chi connectivity index (χ1v) is 34.9. The van der Waals surface area contributed by atoms with Gasteiger partial charge in [0.05, 0.1) is 0 Å². The molecule has 0 saturated carbocycles. The molecule has 80 heavy (non-hydrogen) atoms. The van der Waals surface area contributed by atoms with Crippen LogP contribution in [0.25, 0.3) is 0 Å². The second kappa shape index (κ2) is 68.3. The van der Waals surface area contributed by atoms with E-state index in [1.165, 1.54) is 225 Å². The number of hydrogen-bond donors (Lipinski definition) is 0. The lowest BCUT2D eigenvalue weighted by molar-refractivity contribution is -0.167. The molecule has 0 amide bonds. The number of esters is 3. The minimum atomic E-state index is -0.781. The molecule has 0 aliphatic rings. The average molecular weight is 1120 g/mol. The molecular weight excluding hydrogens is 985 g/mol. The third-order valence-corrected chi connectivity index (χ3v) is 15.4. The summed E-state index contributed by atoms with van der Waals surface area (Å²) in [5, 5.41) is 0. The summed E-state index contributed by atoms with van der Waals surface area (Å²) in [5.74, 6) is -0.866. The van der Waals surface area contributed by atoms with Gasteiger partial charge in [0.2, 0.25) is 0 Å². The molecule has 0 aromatic carbocycles. The molecule has 6 nitrogen and oxygen atoms in total. The summed E-state index contributed by atoms with van der Waals surface area (Å²) in [6, 6.07) is 0. The van der Waals surface area contributed by atoms with Gasteiger partial charge in [0.15, 0.2) is 6.10 Å². The van der Waals surface area contributed by atoms with Gasteiger partial charge in [-0.2, -0.15) is 0 Å². The molecule has 0 aliphatic carbocycles. The molecule has 0 N–H and O–H groups in total. The van der Waals surface area contributed by atoms with Gasteiger partial charge in [0, 0.05) is 19.3 Å². The van der Waals surface area contributed by atoms with Gasteiger partial charge in [0.25, 0.3) is 0 Å². The first-order chi connectivity index (χ1) is 39.5. The second-order valence-corrected chi connectivity index (χ2v) is 23.4. The number of allylic oxidation sites excluding steroid dienone is 12. The zero-order valence-electron chi connectivity index (χ0n) is 53.3. The Balaban J connectivity index is 4.31. The molecule has 0 aromatic heterocycles. The number of carbonyl (C=O) groups is 3. The van der Waals surface area contributed by atoms with Gasteiger partial charge in [-0.25, -0.2) is 0 Å². The number of carbonyl (C=O) groups excluding carboxylic acids is 3. The Hall–Kier alpha value is -3.15. The Bertz CT molecular complexity index is 1470. The van der Waals surface area contributed by atoms with Crippen LogP contribution in [0.3, 0.4) is 0 Å². The normalized spacial score (nSPS) is 12.5. The van der Waals surface area contributed by atoms with Crippen molar-refractivity contribution in [1.29, 1.82) is 0 Å². The van der Waals surface area contributed by atoms with E-state index in [9.17, 15) is 14.4 Å². The van der Waals surface area contributed by atoms with Crippen LogP contribution in [0.15, 0.2) is 72.9 Å². The van der Waals surface area contributed by atoms with Gasteiger partial charge >= 0.3 is 17.9 Å². The number of unbranched alkanes of at least 4 members (excludes halogenated alkanes) is 41. The molecule has 0 bridgehead atoms. The highest BCUT2D eigenvalue weighted by atomic mass is 16.6. The summed E-state index contributed by atoms with van der Waals surface area (Å²) in [7, 11) is 0. The standard InChI is InChI=1S/C74H132O6/c1-4-7-10-13-16-19-22-25-28-30-32-34-36-37-39-40-42-44-46-49-52-55-58-61-64-67-73(76)79-70-71(69-78-72(75)66-63-60-57-54-51-48-27-24-21-18-15-12-9-6-3)80-74(77)68-65-62-59-56-53-50-47-45-43-41-38-35-33-31-29-26-23-20-17-14-11-8-5-2/h8,11,17,20,26,29-30,32-33,35,41,43,71H,4-7,9-10,12-16,18-19,21-25,27-28,31,34,36-40,42,44-70H2,1-3H3/b11-8-,20-17-,29-26-,32-30-,35-33-,43-41-. The van der Waals surface area contributed by atoms with E-state index in [0.29, 0.717) is 19.3 Å². The zero-order chi connectivity index (χ0) is 57.8. The van der Waals surface area contributed by atoms with Crippen LogP contribution >= 0.6 is 0 Å². The fourth-order valence-electron chi connectivity index (χ4n) is 10.2. The van der Waals surface area contributed by atoms with Gasteiger partial charge in [-0.3, -0.25) is 14.4 Å². The third kappa shape index (κ3) is 65.7. The molecule has 0 spiro atoms. The Labute approximate surface area is 497 Å². The quantitative estimate of drug-likeness (QED) is 0.0261. The fraction of sp³-hybridized carbons (Fsp3) is 0.797. The van der Waals surface area contributed by atoms with Crippen molar-refractivity contribution in [2.24, 2.45) is 0 Å². The van der Waals surface area contributed by atoms with Crippen molar-refractivity contribution in [2.75, 3.05) is 13.2 Å². The molecule has 0 aliphatic heterocycles. The van der Waals surface area contributed by atoms with E-state index >= 15 is 0 Å². The summed E-state index contributed by atoms with van der Waals surface area (Å²) in [4.78, 5) is 38.4. The first kappa shape index (κ1) is 76.9. The topological polar surface area (TPSA) is 78.9 Å². The van der Waals surface area contributed by atoms with Crippen molar-refractivity contribution in [1.82, 2.24) is 0 Å². The van der Waals surface area contributed by atoms with Crippen molar-refractivity contribution >= 4 is 17.9 Å². The van der Waals surface area contributed by atoms with Crippen molar-refractivity contribution in [3.8, 4) is 0 Å². The Morgan fingerprint density at radius 1 is 0.263 bits per heavy atom. The van der Waals surface area contributed by atoms with Gasteiger partial charge in [-0.05, 0) is 89.9 Å². The molecule has 0 fully saturated rings. The lowest BCUT2D eigenvalue weighted by Crippen LogP contribution is -2.30. The van der Waals surface area contributed by atoms with Crippen LogP contribution in [0.4, 0.5) is 0 Å². The van der Waals surface area contributed by atoms with E-state index in [-0.39, 0.29) is 31.1 Å². The summed E-state index contributed by atoms with van der Waals surface area (Å²) >= 11 is 0. The van der Waals surface area contributed by atoms with Gasteiger partial charge < -0.3 is 14.2 Å². The number of ether oxygens (including phenoxy) is 3. The van der Waals surface area contributed by atoms with Gasteiger partial charge in [-0.15, -0.1) is 0 Å². The molecule has 0 heterocycles. The summed E-state index contributed by atoms with van der Waals surface area (Å²) < 4.78 is 17.0. The van der Waals surface area contributed by atoms with E-state index < -0.39 is 6.10 Å². The largest absolute Gasteiger partial charge is 0.462 e. The Morgan fingerprint density at radius 2 is 0.487 bits per heavy atom. The lowest BCUT2D eigenvalue weighted by atomic mass is 10.0. The van der Waals surface area contributed by atoms with E-state index in [4.69, 9.17) is 14.2 Å². The number of hydrogen-bond acceptors (Lipinski definition) is 6. The average Bonchev–Trinajstić information content (AvgIpc) is 3.46. The Morgan fingerprint density at radius 3 is 0.775 bits per heavy atom. The van der Waals surface area contributed by atoms with Crippen LogP contribution in [-0.2, 0) is 28.6 Å². The predicted molar refractivity (Wildman–Crippen MR) is 348 cm³/mol. The third-order valence-electron chi connectivity index (χ3n) is 15.4. The van der Waals surface area contributed by atoms with E-state index in [2.05, 4.69) is 93.7 Å². The fourth-order valence-corrected chi connectivity index (χ4v) is 10.2. The van der Waals surface area contributed by atoms with Crippen LogP contribution in [0.5, 0.6) is 0 Å². The van der Waals surface area contributed by atoms with Crippen molar-refractivity contribution in [2.45, 2.75) is 367 Å². The van der Waals surface area contributed by atoms with E-state index in [1.54, 1.807) is 0 Å². The first-order valence-electron chi connectivity index (χ1n) is 34.9. The van der Waals surface area contributed by atoms with Crippen molar-refractivity contribution < 1.29 is 28.6 Å². The maximum absolute atomic E-state index is 13.0. The minimum absolute atomic E-state index is 0.0760. The molecule has 1 atom stereocenters. The molecule has 0 saturated heterocycles. The van der Waals surface area contributed by atoms with Gasteiger partial charge in [0.1, 0.15) is 13.2 Å². The highest BCUT2D eigenvalue weighted by Gasteiger charge is 2.19. The number of rotatable bonds is 64. The summed E-state index contributed by atoms with van der Waals surface area (Å²) in [5.41, 5.74) is 0. The second-order valence-electron chi connectivity index (χ2n) is 23.4. The predicted octanol–water partition coefficient (Wildman–Crippen LogP) is 24.1. The molecule has 0 radical (unpaired) electrons. The van der Waals surface area contributed by atoms with Crippen LogP contribution < -0.4 is 0 Å². The highest BCUT2D eigenvalue weighted by Crippen LogP contribution is 2.18. The SMILES string of the molecule is CC/C=C\C/C=C\C/C=C\C/C=C\C/C=C\CCCCCCCCCC(=O)OC(COC(=O)CCCCCCCCCCCCCCCC)COC(=O)CCCCCCCCCCCCCCC/C=C\CCCCCCCCCC. The summed E-state index contributed by atoms with van der Waals surface area (Å²) in [6.07, 6.45) is 89.2. The lowest BCUT2D eigenvalue weighted by Gasteiger charge is -2.18. The van der Waals surface area contributed by atoms with E-state index in [1.807, 2.05) is 0 Å². The van der Waals surface area contributed by atoms with Crippen LogP contribution in [0.2, 0.25) is 0 Å². The van der Waals surface area contributed by atoms with Gasteiger partial charge in [-0.1, -0.05) is 325 Å². The summed E-state index contributed by atoms with van der Waals surface area (Å²) in [6.45, 7) is 6.57. The molecule has 1 unspecified atom stereocenters. The van der Waals surface area contributed by atoms with E-state index in [0.717, 1.165) is 96.3 Å².